The molecule has 0 aromatic carbocycles. The van der Waals surface area contributed by atoms with Gasteiger partial charge in [0.05, 0.1) is 0 Å². The molecule has 0 aromatic heterocycles. The molecule has 0 radical (unpaired) electrons. The van der Waals surface area contributed by atoms with Gasteiger partial charge in [0.1, 0.15) is 6.10 Å². The summed E-state index contributed by atoms with van der Waals surface area (Å²) in [7, 11) is -2.15. The maximum Gasteiger partial charge on any atom is 0.309 e. The number of rotatable bonds is 3. The number of carbonyl (C=O) groups is 1. The van der Waals surface area contributed by atoms with Crippen molar-refractivity contribution >= 4 is 14.3 Å². The summed E-state index contributed by atoms with van der Waals surface area (Å²) in [6.45, 7) is 12.6. The standard InChI is InChI=1S/C14H26F2O4Si/c1-9-14(15,16)11(19-10(2)17)8-12(18-9)20-21(6,7)13(3,4)5/h9,11-12H,8H2,1-7H3/t9?,11?,12-/m0/s1. The van der Waals surface area contributed by atoms with Gasteiger partial charge in [-0.3, -0.25) is 4.79 Å². The smallest absolute Gasteiger partial charge is 0.309 e. The van der Waals surface area contributed by atoms with E-state index in [1.165, 1.54) is 6.92 Å². The minimum absolute atomic E-state index is 0.0590. The molecule has 124 valence electrons. The molecule has 0 spiro atoms. The Labute approximate surface area is 126 Å². The third-order valence-electron chi connectivity index (χ3n) is 4.27. The number of ether oxygens (including phenoxy) is 2. The fourth-order valence-electron chi connectivity index (χ4n) is 1.88. The molecule has 0 aromatic rings. The number of hydrogen-bond donors (Lipinski definition) is 0. The molecule has 1 saturated heterocycles. The van der Waals surface area contributed by atoms with Gasteiger partial charge in [-0.25, -0.2) is 0 Å². The monoisotopic (exact) mass is 324 g/mol. The predicted molar refractivity (Wildman–Crippen MR) is 77.7 cm³/mol. The Balaban J connectivity index is 2.86. The van der Waals surface area contributed by atoms with Crippen molar-refractivity contribution in [1.29, 1.82) is 0 Å². The zero-order valence-corrected chi connectivity index (χ0v) is 14.8. The van der Waals surface area contributed by atoms with Crippen molar-refractivity contribution in [3.05, 3.63) is 0 Å². The highest BCUT2D eigenvalue weighted by molar-refractivity contribution is 6.74. The fourth-order valence-corrected chi connectivity index (χ4v) is 3.04. The van der Waals surface area contributed by atoms with E-state index in [-0.39, 0.29) is 11.5 Å². The summed E-state index contributed by atoms with van der Waals surface area (Å²) < 4.78 is 44.1. The second-order valence-corrected chi connectivity index (χ2v) is 11.9. The van der Waals surface area contributed by atoms with Crippen LogP contribution in [0.25, 0.3) is 0 Å². The summed E-state index contributed by atoms with van der Waals surface area (Å²) in [6, 6.07) is 0. The molecule has 1 aliphatic rings. The molecular weight excluding hydrogens is 298 g/mol. The minimum atomic E-state index is -3.21. The fraction of sp³-hybridized carbons (Fsp3) is 0.929. The lowest BCUT2D eigenvalue weighted by Gasteiger charge is -2.44. The van der Waals surface area contributed by atoms with E-state index in [1.54, 1.807) is 0 Å². The van der Waals surface area contributed by atoms with Crippen LogP contribution in [0.15, 0.2) is 0 Å². The molecule has 7 heteroatoms. The molecule has 1 rings (SSSR count). The molecule has 0 N–H and O–H groups in total. The van der Waals surface area contributed by atoms with Gasteiger partial charge in [-0.2, -0.15) is 8.78 Å². The first kappa shape index (κ1) is 18.5. The van der Waals surface area contributed by atoms with Crippen LogP contribution < -0.4 is 0 Å². The minimum Gasteiger partial charge on any atom is -0.456 e. The van der Waals surface area contributed by atoms with Gasteiger partial charge in [0.25, 0.3) is 0 Å². The maximum absolute atomic E-state index is 14.0. The van der Waals surface area contributed by atoms with Crippen molar-refractivity contribution in [1.82, 2.24) is 0 Å². The molecule has 2 unspecified atom stereocenters. The van der Waals surface area contributed by atoms with Crippen molar-refractivity contribution in [3.8, 4) is 0 Å². The van der Waals surface area contributed by atoms with E-state index >= 15 is 0 Å². The maximum atomic E-state index is 14.0. The van der Waals surface area contributed by atoms with E-state index in [9.17, 15) is 13.6 Å². The summed E-state index contributed by atoms with van der Waals surface area (Å²) in [4.78, 5) is 11.0. The topological polar surface area (TPSA) is 44.8 Å². The first-order valence-corrected chi connectivity index (χ1v) is 10.1. The molecule has 0 bridgehead atoms. The van der Waals surface area contributed by atoms with Gasteiger partial charge in [0.2, 0.25) is 0 Å². The molecule has 0 aliphatic carbocycles. The zero-order valence-electron chi connectivity index (χ0n) is 13.8. The van der Waals surface area contributed by atoms with Crippen LogP contribution >= 0.6 is 0 Å². The average molecular weight is 324 g/mol. The van der Waals surface area contributed by atoms with Gasteiger partial charge in [0.15, 0.2) is 20.7 Å². The summed E-state index contributed by atoms with van der Waals surface area (Å²) in [6.07, 6.45) is -3.78. The Bertz CT molecular complexity index is 393. The highest BCUT2D eigenvalue weighted by Gasteiger charge is 2.54. The highest BCUT2D eigenvalue weighted by atomic mass is 28.4. The molecule has 1 heterocycles. The molecule has 1 fully saturated rings. The third-order valence-corrected chi connectivity index (χ3v) is 8.74. The lowest BCUT2D eigenvalue weighted by atomic mass is 10.0. The largest absolute Gasteiger partial charge is 0.456 e. The van der Waals surface area contributed by atoms with Gasteiger partial charge in [-0.15, -0.1) is 0 Å². The van der Waals surface area contributed by atoms with Crippen molar-refractivity contribution in [3.63, 3.8) is 0 Å². The van der Waals surface area contributed by atoms with E-state index in [4.69, 9.17) is 13.9 Å². The van der Waals surface area contributed by atoms with E-state index in [2.05, 4.69) is 20.8 Å². The molecule has 4 nitrogen and oxygen atoms in total. The summed E-state index contributed by atoms with van der Waals surface area (Å²) in [5, 5.41) is -0.0590. The Kier molecular flexibility index (Phi) is 5.23. The summed E-state index contributed by atoms with van der Waals surface area (Å²) in [5.74, 6) is -3.93. The number of hydrogen-bond acceptors (Lipinski definition) is 4. The van der Waals surface area contributed by atoms with E-state index < -0.39 is 38.7 Å². The first-order chi connectivity index (χ1) is 9.27. The number of alkyl halides is 2. The van der Waals surface area contributed by atoms with Crippen LogP contribution in [-0.2, 0) is 18.7 Å². The van der Waals surface area contributed by atoms with Gasteiger partial charge in [-0.05, 0) is 25.1 Å². The van der Waals surface area contributed by atoms with Crippen LogP contribution in [0.2, 0.25) is 18.1 Å². The Morgan fingerprint density at radius 2 is 1.86 bits per heavy atom. The Morgan fingerprint density at radius 3 is 2.29 bits per heavy atom. The van der Waals surface area contributed by atoms with Crippen molar-refractivity contribution in [2.45, 2.75) is 83.6 Å². The van der Waals surface area contributed by atoms with Crippen LogP contribution in [0.4, 0.5) is 8.78 Å². The second kappa shape index (κ2) is 5.93. The molecule has 0 saturated carbocycles. The number of halogens is 2. The molecular formula is C14H26F2O4Si. The van der Waals surface area contributed by atoms with Gasteiger partial charge in [0, 0.05) is 13.3 Å². The molecule has 1 aliphatic heterocycles. The zero-order chi connectivity index (χ0) is 16.6. The van der Waals surface area contributed by atoms with Gasteiger partial charge < -0.3 is 13.9 Å². The van der Waals surface area contributed by atoms with Crippen LogP contribution in [-0.4, -0.2) is 38.7 Å². The first-order valence-electron chi connectivity index (χ1n) is 7.15. The van der Waals surface area contributed by atoms with Crippen LogP contribution in [0.3, 0.4) is 0 Å². The highest BCUT2D eigenvalue weighted by Crippen LogP contribution is 2.41. The quantitative estimate of drug-likeness (QED) is 0.586. The molecule has 3 atom stereocenters. The van der Waals surface area contributed by atoms with Crippen LogP contribution in [0.1, 0.15) is 41.0 Å². The number of carbonyl (C=O) groups excluding carboxylic acids is 1. The van der Waals surface area contributed by atoms with Crippen molar-refractivity contribution in [2.75, 3.05) is 0 Å². The number of esters is 1. The summed E-state index contributed by atoms with van der Waals surface area (Å²) in [5.41, 5.74) is 0. The molecule has 21 heavy (non-hydrogen) atoms. The normalized spacial score (nSPS) is 30.0. The van der Waals surface area contributed by atoms with E-state index in [1.807, 2.05) is 13.1 Å². The van der Waals surface area contributed by atoms with Crippen LogP contribution in [0, 0.1) is 0 Å². The lowest BCUT2D eigenvalue weighted by molar-refractivity contribution is -0.285. The van der Waals surface area contributed by atoms with Crippen molar-refractivity contribution < 1.29 is 27.5 Å². The van der Waals surface area contributed by atoms with Gasteiger partial charge in [-0.1, -0.05) is 20.8 Å². The second-order valence-electron chi connectivity index (χ2n) is 7.09. The van der Waals surface area contributed by atoms with E-state index in [0.717, 1.165) is 6.92 Å². The Hall–Kier alpha value is -0.533. The van der Waals surface area contributed by atoms with E-state index in [0.29, 0.717) is 0 Å². The predicted octanol–water partition coefficient (Wildman–Crippen LogP) is 3.71. The van der Waals surface area contributed by atoms with Crippen LogP contribution in [0.5, 0.6) is 0 Å². The SMILES string of the molecule is CC(=O)OC1C[C@H](O[Si](C)(C)C(C)(C)C)OC(C)C1(F)F. The van der Waals surface area contributed by atoms with Gasteiger partial charge >= 0.3 is 11.9 Å². The molecule has 0 amide bonds. The third kappa shape index (κ3) is 4.23. The lowest BCUT2D eigenvalue weighted by Crippen LogP contribution is -2.57. The average Bonchev–Trinajstić information content (AvgIpc) is 2.23. The summed E-state index contributed by atoms with van der Waals surface area (Å²) >= 11 is 0. The van der Waals surface area contributed by atoms with Crippen molar-refractivity contribution in [2.24, 2.45) is 0 Å². The Morgan fingerprint density at radius 1 is 1.33 bits per heavy atom.